The second kappa shape index (κ2) is 5.72. The van der Waals surface area contributed by atoms with Gasteiger partial charge in [0.25, 0.3) is 12.3 Å². The number of nitrogens with zero attached hydrogens (tertiary/aromatic N) is 2. The SMILES string of the molecule is Cn1cc(C(=O)Nc2cc(F)c(F)c(Cl)c2)c(C(F)F)n1. The molecule has 1 heterocycles. The van der Waals surface area contributed by atoms with Crippen molar-refractivity contribution in [2.45, 2.75) is 6.43 Å². The molecule has 1 aromatic heterocycles. The first kappa shape index (κ1) is 15.3. The molecule has 0 aliphatic heterocycles. The molecule has 1 amide bonds. The van der Waals surface area contributed by atoms with Gasteiger partial charge in [0.05, 0.1) is 10.6 Å². The average molecular weight is 322 g/mol. The first-order chi connectivity index (χ1) is 9.79. The van der Waals surface area contributed by atoms with E-state index in [1.165, 1.54) is 7.05 Å². The number of rotatable bonds is 3. The number of carbonyl (C=O) groups is 1. The minimum atomic E-state index is -2.94. The predicted octanol–water partition coefficient (Wildman–Crippen LogP) is 3.54. The summed E-state index contributed by atoms with van der Waals surface area (Å²) >= 11 is 5.43. The maximum Gasteiger partial charge on any atom is 0.282 e. The largest absolute Gasteiger partial charge is 0.322 e. The van der Waals surface area contributed by atoms with Gasteiger partial charge in [-0.1, -0.05) is 11.6 Å². The van der Waals surface area contributed by atoms with Crippen LogP contribution in [-0.2, 0) is 7.05 Å². The van der Waals surface area contributed by atoms with Crippen LogP contribution in [-0.4, -0.2) is 15.7 Å². The number of amides is 1. The van der Waals surface area contributed by atoms with E-state index in [0.29, 0.717) is 6.07 Å². The molecule has 0 bridgehead atoms. The number of benzene rings is 1. The van der Waals surface area contributed by atoms with Crippen molar-refractivity contribution in [3.63, 3.8) is 0 Å². The average Bonchev–Trinajstić information content (AvgIpc) is 2.78. The molecule has 21 heavy (non-hydrogen) atoms. The van der Waals surface area contributed by atoms with Crippen LogP contribution in [0, 0.1) is 11.6 Å². The van der Waals surface area contributed by atoms with E-state index in [1.54, 1.807) is 0 Å². The topological polar surface area (TPSA) is 46.9 Å². The molecule has 2 rings (SSSR count). The maximum absolute atomic E-state index is 13.2. The molecule has 1 aromatic carbocycles. The lowest BCUT2D eigenvalue weighted by Gasteiger charge is -2.06. The van der Waals surface area contributed by atoms with Gasteiger partial charge < -0.3 is 5.32 Å². The van der Waals surface area contributed by atoms with Gasteiger partial charge in [-0.25, -0.2) is 17.6 Å². The number of anilines is 1. The van der Waals surface area contributed by atoms with E-state index < -0.39 is 34.7 Å². The van der Waals surface area contributed by atoms with Crippen LogP contribution in [0.3, 0.4) is 0 Å². The number of aromatic nitrogens is 2. The Morgan fingerprint density at radius 3 is 2.62 bits per heavy atom. The lowest BCUT2D eigenvalue weighted by Crippen LogP contribution is -2.14. The number of alkyl halides is 2. The Labute approximate surface area is 121 Å². The lowest BCUT2D eigenvalue weighted by molar-refractivity contribution is 0.101. The van der Waals surface area contributed by atoms with Gasteiger partial charge >= 0.3 is 0 Å². The van der Waals surface area contributed by atoms with E-state index in [0.717, 1.165) is 16.9 Å². The quantitative estimate of drug-likeness (QED) is 0.694. The highest BCUT2D eigenvalue weighted by molar-refractivity contribution is 6.31. The van der Waals surface area contributed by atoms with Crippen molar-refractivity contribution < 1.29 is 22.4 Å². The van der Waals surface area contributed by atoms with E-state index in [2.05, 4.69) is 10.4 Å². The zero-order chi connectivity index (χ0) is 15.7. The van der Waals surface area contributed by atoms with Gasteiger partial charge in [0.2, 0.25) is 0 Å². The molecule has 0 aliphatic carbocycles. The van der Waals surface area contributed by atoms with Crippen LogP contribution in [0.4, 0.5) is 23.2 Å². The molecule has 0 spiro atoms. The molecule has 0 radical (unpaired) electrons. The van der Waals surface area contributed by atoms with Crippen molar-refractivity contribution in [1.82, 2.24) is 9.78 Å². The first-order valence-corrected chi connectivity index (χ1v) is 5.95. The molecule has 0 fully saturated rings. The van der Waals surface area contributed by atoms with Crippen LogP contribution in [0.2, 0.25) is 5.02 Å². The van der Waals surface area contributed by atoms with Crippen molar-refractivity contribution in [2.24, 2.45) is 7.05 Å². The zero-order valence-electron chi connectivity index (χ0n) is 10.5. The van der Waals surface area contributed by atoms with Crippen molar-refractivity contribution in [3.8, 4) is 0 Å². The summed E-state index contributed by atoms with van der Waals surface area (Å²) in [5.74, 6) is -3.46. The summed E-state index contributed by atoms with van der Waals surface area (Å²) in [4.78, 5) is 11.9. The highest BCUT2D eigenvalue weighted by Crippen LogP contribution is 2.25. The number of aryl methyl sites for hydroxylation is 1. The van der Waals surface area contributed by atoms with Gasteiger partial charge in [0.1, 0.15) is 5.69 Å². The molecular weight excluding hydrogens is 314 g/mol. The Morgan fingerprint density at radius 2 is 2.05 bits per heavy atom. The number of hydrogen-bond donors (Lipinski definition) is 1. The second-order valence-electron chi connectivity index (χ2n) is 4.11. The molecular formula is C12H8ClF4N3O. The smallest absolute Gasteiger partial charge is 0.282 e. The molecule has 0 saturated carbocycles. The number of halogens is 5. The first-order valence-electron chi connectivity index (χ1n) is 5.57. The van der Waals surface area contributed by atoms with Gasteiger partial charge in [0.15, 0.2) is 11.6 Å². The number of hydrogen-bond acceptors (Lipinski definition) is 2. The van der Waals surface area contributed by atoms with Crippen LogP contribution in [0.15, 0.2) is 18.3 Å². The van der Waals surface area contributed by atoms with E-state index in [1.807, 2.05) is 0 Å². The van der Waals surface area contributed by atoms with Gasteiger partial charge in [-0.15, -0.1) is 0 Å². The van der Waals surface area contributed by atoms with Crippen LogP contribution in [0.5, 0.6) is 0 Å². The normalized spacial score (nSPS) is 11.0. The third-order valence-electron chi connectivity index (χ3n) is 2.55. The van der Waals surface area contributed by atoms with Crippen molar-refractivity contribution >= 4 is 23.2 Å². The summed E-state index contributed by atoms with van der Waals surface area (Å²) in [6.07, 6.45) is -1.85. The van der Waals surface area contributed by atoms with Gasteiger partial charge in [-0.3, -0.25) is 9.48 Å². The van der Waals surface area contributed by atoms with E-state index >= 15 is 0 Å². The summed E-state index contributed by atoms with van der Waals surface area (Å²) in [6.45, 7) is 0. The monoisotopic (exact) mass is 321 g/mol. The second-order valence-corrected chi connectivity index (χ2v) is 4.52. The molecule has 1 N–H and O–H groups in total. The minimum absolute atomic E-state index is 0.159. The summed E-state index contributed by atoms with van der Waals surface area (Å²) in [7, 11) is 1.37. The van der Waals surface area contributed by atoms with Crippen LogP contribution < -0.4 is 5.32 Å². The molecule has 0 unspecified atom stereocenters. The molecule has 4 nitrogen and oxygen atoms in total. The summed E-state index contributed by atoms with van der Waals surface area (Å²) < 4.78 is 52.7. The fourth-order valence-corrected chi connectivity index (χ4v) is 1.88. The number of nitrogens with one attached hydrogen (secondary N) is 1. The summed E-state index contributed by atoms with van der Waals surface area (Å²) in [6, 6.07) is 1.66. The van der Waals surface area contributed by atoms with E-state index in [4.69, 9.17) is 11.6 Å². The molecule has 2 aromatic rings. The van der Waals surface area contributed by atoms with Gasteiger partial charge in [-0.05, 0) is 6.07 Å². The standard InChI is InChI=1S/C12H8ClF4N3O/c1-20-4-6(10(19-20)11(16)17)12(21)18-5-2-7(13)9(15)8(14)3-5/h2-4,11H,1H3,(H,18,21). The van der Waals surface area contributed by atoms with Crippen LogP contribution >= 0.6 is 11.6 Å². The Morgan fingerprint density at radius 1 is 1.38 bits per heavy atom. The minimum Gasteiger partial charge on any atom is -0.322 e. The molecule has 0 saturated heterocycles. The lowest BCUT2D eigenvalue weighted by atomic mass is 10.2. The van der Waals surface area contributed by atoms with Crippen molar-refractivity contribution in [2.75, 3.05) is 5.32 Å². The molecule has 0 aliphatic rings. The number of carbonyl (C=O) groups excluding carboxylic acids is 1. The van der Waals surface area contributed by atoms with Crippen LogP contribution in [0.1, 0.15) is 22.5 Å². The highest BCUT2D eigenvalue weighted by atomic mass is 35.5. The summed E-state index contributed by atoms with van der Waals surface area (Å²) in [5, 5.41) is 5.09. The van der Waals surface area contributed by atoms with Gasteiger partial charge in [-0.2, -0.15) is 5.10 Å². The Hall–Kier alpha value is -2.09. The van der Waals surface area contributed by atoms with E-state index in [-0.39, 0.29) is 11.3 Å². The van der Waals surface area contributed by atoms with Crippen molar-refractivity contribution in [3.05, 3.63) is 46.2 Å². The molecule has 9 heteroatoms. The Kier molecular flexibility index (Phi) is 4.17. The summed E-state index contributed by atoms with van der Waals surface area (Å²) in [5.41, 5.74) is -1.23. The fourth-order valence-electron chi connectivity index (χ4n) is 1.67. The van der Waals surface area contributed by atoms with Gasteiger partial charge in [0, 0.05) is 25.0 Å². The third-order valence-corrected chi connectivity index (χ3v) is 2.83. The predicted molar refractivity (Wildman–Crippen MR) is 67.5 cm³/mol. The Balaban J connectivity index is 2.30. The highest BCUT2D eigenvalue weighted by Gasteiger charge is 2.23. The van der Waals surface area contributed by atoms with E-state index in [9.17, 15) is 22.4 Å². The fraction of sp³-hybridized carbons (Fsp3) is 0.167. The maximum atomic E-state index is 13.2. The Bertz CT molecular complexity index is 679. The van der Waals surface area contributed by atoms with Crippen LogP contribution in [0.25, 0.3) is 0 Å². The molecule has 0 atom stereocenters. The van der Waals surface area contributed by atoms with Crippen molar-refractivity contribution in [1.29, 1.82) is 0 Å². The molecule has 112 valence electrons. The third kappa shape index (κ3) is 3.15. The zero-order valence-corrected chi connectivity index (χ0v) is 11.3.